The Kier molecular flexibility index (Phi) is 8.43. The molecule has 0 saturated heterocycles. The number of thioether (sulfide) groups is 2. The number of hydrogen-bond donors (Lipinski definition) is 2. The molecular weight excluding hydrogens is 378 g/mol. The van der Waals surface area contributed by atoms with E-state index in [4.69, 9.17) is 0 Å². The fourth-order valence-corrected chi connectivity index (χ4v) is 3.32. The number of amides is 2. The summed E-state index contributed by atoms with van der Waals surface area (Å²) in [5.74, 6) is -0.497. The van der Waals surface area contributed by atoms with Gasteiger partial charge in [0, 0.05) is 22.9 Å². The SMILES string of the molecule is O=C(CSc1ccc(F)cc1)NCCNC(=O)CSc1ccc(F)cc1. The van der Waals surface area contributed by atoms with Crippen molar-refractivity contribution in [3.63, 3.8) is 0 Å². The van der Waals surface area contributed by atoms with E-state index < -0.39 is 0 Å². The normalized spacial score (nSPS) is 10.4. The Balaban J connectivity index is 1.54. The molecule has 0 unspecified atom stereocenters. The lowest BCUT2D eigenvalue weighted by Crippen LogP contribution is -2.36. The molecule has 0 atom stereocenters. The fourth-order valence-electron chi connectivity index (χ4n) is 1.87. The number of hydrogen-bond acceptors (Lipinski definition) is 4. The minimum atomic E-state index is -0.313. The maximum absolute atomic E-state index is 12.8. The molecule has 0 aliphatic carbocycles. The molecule has 0 spiro atoms. The van der Waals surface area contributed by atoms with Crippen LogP contribution in [0.3, 0.4) is 0 Å². The highest BCUT2D eigenvalue weighted by atomic mass is 32.2. The molecule has 2 amide bonds. The van der Waals surface area contributed by atoms with Crippen LogP contribution in [0.25, 0.3) is 0 Å². The highest BCUT2D eigenvalue weighted by Crippen LogP contribution is 2.18. The Hall–Kier alpha value is -2.06. The molecule has 4 nitrogen and oxygen atoms in total. The minimum absolute atomic E-state index is 0.158. The van der Waals surface area contributed by atoms with Crippen molar-refractivity contribution >= 4 is 35.3 Å². The molecule has 0 aromatic heterocycles. The van der Waals surface area contributed by atoms with Gasteiger partial charge >= 0.3 is 0 Å². The Labute approximate surface area is 159 Å². The second-order valence-corrected chi connectivity index (χ2v) is 7.28. The van der Waals surface area contributed by atoms with Crippen molar-refractivity contribution in [2.75, 3.05) is 24.6 Å². The van der Waals surface area contributed by atoms with Crippen molar-refractivity contribution in [1.82, 2.24) is 10.6 Å². The summed E-state index contributed by atoms with van der Waals surface area (Å²) in [4.78, 5) is 25.1. The third kappa shape index (κ3) is 7.88. The van der Waals surface area contributed by atoms with Gasteiger partial charge in [0.2, 0.25) is 11.8 Å². The summed E-state index contributed by atoms with van der Waals surface area (Å²) < 4.78 is 25.6. The first-order valence-corrected chi connectivity index (χ1v) is 9.80. The smallest absolute Gasteiger partial charge is 0.230 e. The molecule has 2 rings (SSSR count). The largest absolute Gasteiger partial charge is 0.354 e. The number of carbonyl (C=O) groups excluding carboxylic acids is 2. The molecule has 0 fully saturated rings. The zero-order valence-electron chi connectivity index (χ0n) is 13.8. The predicted octanol–water partition coefficient (Wildman–Crippen LogP) is 3.08. The van der Waals surface area contributed by atoms with Crippen molar-refractivity contribution in [2.24, 2.45) is 0 Å². The predicted molar refractivity (Wildman–Crippen MR) is 100 cm³/mol. The molecular formula is C18H18F2N2O2S2. The van der Waals surface area contributed by atoms with Crippen molar-refractivity contribution in [2.45, 2.75) is 9.79 Å². The second kappa shape index (κ2) is 10.8. The van der Waals surface area contributed by atoms with Crippen LogP contribution in [0.15, 0.2) is 58.3 Å². The zero-order valence-corrected chi connectivity index (χ0v) is 15.5. The van der Waals surface area contributed by atoms with Gasteiger partial charge in [-0.1, -0.05) is 0 Å². The van der Waals surface area contributed by atoms with Gasteiger partial charge in [0.1, 0.15) is 11.6 Å². The number of carbonyl (C=O) groups is 2. The minimum Gasteiger partial charge on any atom is -0.354 e. The van der Waals surface area contributed by atoms with Gasteiger partial charge in [0.15, 0.2) is 0 Å². The van der Waals surface area contributed by atoms with Crippen LogP contribution < -0.4 is 10.6 Å². The Morgan fingerprint density at radius 2 is 1.04 bits per heavy atom. The summed E-state index contributed by atoms with van der Waals surface area (Å²) in [5.41, 5.74) is 0. The van der Waals surface area contributed by atoms with E-state index in [0.717, 1.165) is 9.79 Å². The van der Waals surface area contributed by atoms with Crippen molar-refractivity contribution in [1.29, 1.82) is 0 Å². The number of benzene rings is 2. The van der Waals surface area contributed by atoms with Crippen LogP contribution in [0.5, 0.6) is 0 Å². The van der Waals surface area contributed by atoms with Gasteiger partial charge in [-0.25, -0.2) is 8.78 Å². The summed E-state index contributed by atoms with van der Waals surface area (Å²) in [5, 5.41) is 5.41. The van der Waals surface area contributed by atoms with E-state index in [2.05, 4.69) is 10.6 Å². The van der Waals surface area contributed by atoms with E-state index >= 15 is 0 Å². The van der Waals surface area contributed by atoms with Gasteiger partial charge in [-0.2, -0.15) is 0 Å². The topological polar surface area (TPSA) is 58.2 Å². The summed E-state index contributed by atoms with van der Waals surface area (Å²) in [6.07, 6.45) is 0. The molecule has 0 bridgehead atoms. The highest BCUT2D eigenvalue weighted by Gasteiger charge is 2.05. The lowest BCUT2D eigenvalue weighted by atomic mass is 10.4. The van der Waals surface area contributed by atoms with Gasteiger partial charge in [0.05, 0.1) is 11.5 Å². The van der Waals surface area contributed by atoms with Gasteiger partial charge in [-0.3, -0.25) is 9.59 Å². The molecule has 138 valence electrons. The second-order valence-electron chi connectivity index (χ2n) is 5.19. The molecule has 0 aliphatic rings. The van der Waals surface area contributed by atoms with E-state index in [-0.39, 0.29) is 35.0 Å². The van der Waals surface area contributed by atoms with Crippen LogP contribution in [0.2, 0.25) is 0 Å². The Morgan fingerprint density at radius 3 is 1.38 bits per heavy atom. The average molecular weight is 396 g/mol. The van der Waals surface area contributed by atoms with Gasteiger partial charge < -0.3 is 10.6 Å². The lowest BCUT2D eigenvalue weighted by molar-refractivity contribution is -0.120. The summed E-state index contributed by atoms with van der Waals surface area (Å²) in [7, 11) is 0. The summed E-state index contributed by atoms with van der Waals surface area (Å²) >= 11 is 2.62. The van der Waals surface area contributed by atoms with E-state index in [1.54, 1.807) is 24.3 Å². The van der Waals surface area contributed by atoms with Crippen LogP contribution in [0, 0.1) is 11.6 Å². The quantitative estimate of drug-likeness (QED) is 0.505. The van der Waals surface area contributed by atoms with Crippen molar-refractivity contribution in [3.8, 4) is 0 Å². The number of rotatable bonds is 9. The number of halogens is 2. The van der Waals surface area contributed by atoms with Crippen molar-refractivity contribution < 1.29 is 18.4 Å². The Bertz CT molecular complexity index is 661. The molecule has 2 aromatic rings. The van der Waals surface area contributed by atoms with Gasteiger partial charge in [0.25, 0.3) is 0 Å². The lowest BCUT2D eigenvalue weighted by Gasteiger charge is -2.07. The maximum atomic E-state index is 12.8. The van der Waals surface area contributed by atoms with Crippen LogP contribution >= 0.6 is 23.5 Å². The monoisotopic (exact) mass is 396 g/mol. The fraction of sp³-hybridized carbons (Fsp3) is 0.222. The van der Waals surface area contributed by atoms with Gasteiger partial charge in [-0.15, -0.1) is 23.5 Å². The molecule has 0 saturated carbocycles. The van der Waals surface area contributed by atoms with E-state index in [1.807, 2.05) is 0 Å². The van der Waals surface area contributed by atoms with Gasteiger partial charge in [-0.05, 0) is 48.5 Å². The molecule has 26 heavy (non-hydrogen) atoms. The first-order chi connectivity index (χ1) is 12.5. The summed E-state index contributed by atoms with van der Waals surface area (Å²) in [6.45, 7) is 0.658. The van der Waals surface area contributed by atoms with E-state index in [1.165, 1.54) is 47.8 Å². The molecule has 8 heteroatoms. The van der Waals surface area contributed by atoms with Crippen LogP contribution in [0.4, 0.5) is 8.78 Å². The van der Waals surface area contributed by atoms with E-state index in [0.29, 0.717) is 13.1 Å². The third-order valence-electron chi connectivity index (χ3n) is 3.14. The Morgan fingerprint density at radius 1 is 0.692 bits per heavy atom. The molecule has 2 N–H and O–H groups in total. The van der Waals surface area contributed by atoms with Crippen LogP contribution in [0.1, 0.15) is 0 Å². The molecule has 0 heterocycles. The molecule has 2 aromatic carbocycles. The molecule has 0 aliphatic heterocycles. The van der Waals surface area contributed by atoms with Crippen molar-refractivity contribution in [3.05, 3.63) is 60.2 Å². The molecule has 0 radical (unpaired) electrons. The van der Waals surface area contributed by atoms with Crippen LogP contribution in [-0.4, -0.2) is 36.4 Å². The average Bonchev–Trinajstić information content (AvgIpc) is 2.64. The van der Waals surface area contributed by atoms with E-state index in [9.17, 15) is 18.4 Å². The third-order valence-corrected chi connectivity index (χ3v) is 5.16. The summed E-state index contributed by atoms with van der Waals surface area (Å²) in [6, 6.07) is 11.9. The standard InChI is InChI=1S/C18H18F2N2O2S2/c19-13-1-5-15(6-2-13)25-11-17(23)21-9-10-22-18(24)12-26-16-7-3-14(20)4-8-16/h1-8H,9-12H2,(H,21,23)(H,22,24). The maximum Gasteiger partial charge on any atom is 0.230 e. The number of nitrogens with one attached hydrogen (secondary N) is 2. The first kappa shape index (κ1) is 20.3. The highest BCUT2D eigenvalue weighted by molar-refractivity contribution is 8.00. The zero-order chi connectivity index (χ0) is 18.8. The first-order valence-electron chi connectivity index (χ1n) is 7.83. The van der Waals surface area contributed by atoms with Crippen LogP contribution in [-0.2, 0) is 9.59 Å².